The summed E-state index contributed by atoms with van der Waals surface area (Å²) in [5, 5.41) is 10.6. The van der Waals surface area contributed by atoms with E-state index in [0.717, 1.165) is 44.9 Å². The lowest BCUT2D eigenvalue weighted by molar-refractivity contribution is -0.188. The average Bonchev–Trinajstić information content (AvgIpc) is 3.50. The fourth-order valence-electron chi connectivity index (χ4n) is 8.01. The average molecular weight is 782 g/mol. The van der Waals surface area contributed by atoms with Gasteiger partial charge in [0, 0.05) is 44.9 Å². The monoisotopic (exact) mass is 782 g/mol. The number of nitrogens with zero attached hydrogens (tertiary/aromatic N) is 1. The molecule has 55 heavy (non-hydrogen) atoms. The van der Waals surface area contributed by atoms with Crippen LogP contribution < -0.4 is 0 Å². The van der Waals surface area contributed by atoms with Gasteiger partial charge in [0.2, 0.25) is 5.60 Å². The van der Waals surface area contributed by atoms with Crippen molar-refractivity contribution in [3.05, 3.63) is 0 Å². The van der Waals surface area contributed by atoms with Crippen molar-refractivity contribution in [2.24, 2.45) is 5.92 Å². The van der Waals surface area contributed by atoms with E-state index in [1.165, 1.54) is 116 Å². The zero-order chi connectivity index (χ0) is 40.4. The molecule has 1 fully saturated rings. The van der Waals surface area contributed by atoms with Crippen molar-refractivity contribution in [1.82, 2.24) is 4.90 Å². The normalized spacial score (nSPS) is 17.9. The summed E-state index contributed by atoms with van der Waals surface area (Å²) < 4.78 is 23.9. The summed E-state index contributed by atoms with van der Waals surface area (Å²) in [5.41, 5.74) is -1.71. The molecule has 0 aromatic carbocycles. The number of aliphatic carboxylic acids is 1. The highest BCUT2D eigenvalue weighted by Crippen LogP contribution is 2.38. The van der Waals surface area contributed by atoms with Gasteiger partial charge in [-0.2, -0.15) is 0 Å². The highest BCUT2D eigenvalue weighted by Gasteiger charge is 2.58. The Bertz CT molecular complexity index is 929. The van der Waals surface area contributed by atoms with Gasteiger partial charge in [-0.1, -0.05) is 169 Å². The first-order valence-electron chi connectivity index (χ1n) is 23.3. The lowest BCUT2D eigenvalue weighted by Crippen LogP contribution is -2.56. The van der Waals surface area contributed by atoms with Gasteiger partial charge in [0.25, 0.3) is 0 Å². The van der Waals surface area contributed by atoms with Crippen LogP contribution in [0.1, 0.15) is 220 Å². The van der Waals surface area contributed by atoms with Gasteiger partial charge < -0.3 is 24.1 Å². The van der Waals surface area contributed by atoms with E-state index >= 15 is 0 Å². The van der Waals surface area contributed by atoms with E-state index in [-0.39, 0.29) is 31.3 Å². The molecule has 324 valence electrons. The standard InChI is InChI=1S/C46H87NO8/c1-6-10-13-16-19-20-21-22-23-24-25-26-29-32-41(48)54-39-40(9-4)44-46(45(50)51,35-36-47(44)5)55-42(49)33-34-43(52-37-30-27-17-14-11-7-2)53-38-31-28-18-15-12-8-3/h40,43-44H,6-39H2,1-5H3,(H,50,51). The lowest BCUT2D eigenvalue weighted by Gasteiger charge is -2.38. The topological polar surface area (TPSA) is 112 Å². The molecule has 9 nitrogen and oxygen atoms in total. The number of carboxylic acids is 1. The largest absolute Gasteiger partial charge is 0.478 e. The zero-order valence-electron chi connectivity index (χ0n) is 36.5. The van der Waals surface area contributed by atoms with Crippen molar-refractivity contribution < 1.29 is 38.4 Å². The van der Waals surface area contributed by atoms with Crippen LogP contribution in [0.5, 0.6) is 0 Å². The maximum absolute atomic E-state index is 13.4. The molecule has 9 heteroatoms. The van der Waals surface area contributed by atoms with Gasteiger partial charge in [0.15, 0.2) is 6.29 Å². The van der Waals surface area contributed by atoms with Crippen LogP contribution in [0.3, 0.4) is 0 Å². The predicted octanol–water partition coefficient (Wildman–Crippen LogP) is 12.0. The third-order valence-electron chi connectivity index (χ3n) is 11.5. The van der Waals surface area contributed by atoms with Gasteiger partial charge in [-0.05, 0) is 32.7 Å². The molecular weight excluding hydrogens is 695 g/mol. The molecule has 0 bridgehead atoms. The number of carbonyl (C=O) groups is 3. The number of unbranched alkanes of at least 4 members (excludes halogenated alkanes) is 22. The van der Waals surface area contributed by atoms with Crippen LogP contribution in [0.2, 0.25) is 0 Å². The van der Waals surface area contributed by atoms with Crippen molar-refractivity contribution in [2.45, 2.75) is 238 Å². The van der Waals surface area contributed by atoms with E-state index in [1.807, 2.05) is 18.9 Å². The number of ether oxygens (including phenoxy) is 4. The molecule has 0 spiro atoms. The number of carboxylic acid groups (broad SMARTS) is 1. The molecule has 0 aromatic heterocycles. The number of hydrogen-bond donors (Lipinski definition) is 1. The van der Waals surface area contributed by atoms with Gasteiger partial charge in [-0.3, -0.25) is 14.5 Å². The third kappa shape index (κ3) is 24.0. The number of hydrogen-bond acceptors (Lipinski definition) is 8. The van der Waals surface area contributed by atoms with E-state index < -0.39 is 29.9 Å². The summed E-state index contributed by atoms with van der Waals surface area (Å²) in [6.45, 7) is 10.4. The van der Waals surface area contributed by atoms with Crippen LogP contribution in [0.15, 0.2) is 0 Å². The minimum absolute atomic E-state index is 0.00797. The highest BCUT2D eigenvalue weighted by molar-refractivity contribution is 5.83. The minimum atomic E-state index is -1.71. The summed E-state index contributed by atoms with van der Waals surface area (Å²) >= 11 is 0. The van der Waals surface area contributed by atoms with Crippen molar-refractivity contribution in [3.63, 3.8) is 0 Å². The fraction of sp³-hybridized carbons (Fsp3) is 0.935. The molecule has 1 aliphatic rings. The Hall–Kier alpha value is -1.71. The van der Waals surface area contributed by atoms with Gasteiger partial charge in [0.05, 0.1) is 19.1 Å². The maximum atomic E-state index is 13.4. The Labute approximate surface area is 338 Å². The molecule has 3 atom stereocenters. The molecule has 0 aliphatic carbocycles. The smallest absolute Gasteiger partial charge is 0.349 e. The fourth-order valence-corrected chi connectivity index (χ4v) is 8.01. The summed E-state index contributed by atoms with van der Waals surface area (Å²) in [5.74, 6) is -2.25. The molecule has 1 heterocycles. The van der Waals surface area contributed by atoms with E-state index in [4.69, 9.17) is 18.9 Å². The van der Waals surface area contributed by atoms with Gasteiger partial charge >= 0.3 is 17.9 Å². The van der Waals surface area contributed by atoms with Crippen molar-refractivity contribution >= 4 is 17.9 Å². The van der Waals surface area contributed by atoms with Crippen LogP contribution in [0, 0.1) is 5.92 Å². The predicted molar refractivity (Wildman–Crippen MR) is 224 cm³/mol. The summed E-state index contributed by atoms with van der Waals surface area (Å²) in [6, 6.07) is -0.605. The molecular formula is C46H87NO8. The number of likely N-dealkylation sites (tertiary alicyclic amines) is 1. The quantitative estimate of drug-likeness (QED) is 0.0370. The van der Waals surface area contributed by atoms with Gasteiger partial charge in [-0.15, -0.1) is 0 Å². The Kier molecular flexibility index (Phi) is 32.0. The van der Waals surface area contributed by atoms with Crippen LogP contribution in [0.25, 0.3) is 0 Å². The molecule has 0 saturated carbocycles. The first kappa shape index (κ1) is 51.3. The molecule has 3 unspecified atom stereocenters. The molecule has 1 saturated heterocycles. The second kappa shape index (κ2) is 34.3. The van der Waals surface area contributed by atoms with Crippen molar-refractivity contribution in [2.75, 3.05) is 33.4 Å². The zero-order valence-corrected chi connectivity index (χ0v) is 36.5. The van der Waals surface area contributed by atoms with Crippen molar-refractivity contribution in [1.29, 1.82) is 0 Å². The molecule has 1 N–H and O–H groups in total. The molecule has 0 radical (unpaired) electrons. The maximum Gasteiger partial charge on any atom is 0.349 e. The first-order valence-corrected chi connectivity index (χ1v) is 23.3. The number of rotatable bonds is 39. The number of carbonyl (C=O) groups excluding carboxylic acids is 2. The number of likely N-dealkylation sites (N-methyl/N-ethyl adjacent to an activating group) is 1. The van der Waals surface area contributed by atoms with E-state index in [9.17, 15) is 19.5 Å². The molecule has 1 rings (SSSR count). The van der Waals surface area contributed by atoms with Crippen LogP contribution >= 0.6 is 0 Å². The van der Waals surface area contributed by atoms with E-state index in [0.29, 0.717) is 39.0 Å². The molecule has 1 aliphatic heterocycles. The Balaban J connectivity index is 2.60. The Morgan fingerprint density at radius 3 is 1.49 bits per heavy atom. The van der Waals surface area contributed by atoms with E-state index in [1.54, 1.807) is 0 Å². The van der Waals surface area contributed by atoms with Gasteiger partial charge in [0.1, 0.15) is 0 Å². The summed E-state index contributed by atoms with van der Waals surface area (Å²) in [7, 11) is 1.86. The van der Waals surface area contributed by atoms with Crippen LogP contribution in [-0.2, 0) is 33.3 Å². The minimum Gasteiger partial charge on any atom is -0.478 e. The SMILES string of the molecule is CCCCCCCCCCCCCCCC(=O)OCC(CC)C1N(C)CCC1(OC(=O)CCC(OCCCCCCCC)OCCCCCCCC)C(=O)O. The van der Waals surface area contributed by atoms with Crippen LogP contribution in [0.4, 0.5) is 0 Å². The Morgan fingerprint density at radius 1 is 0.618 bits per heavy atom. The summed E-state index contributed by atoms with van der Waals surface area (Å²) in [6.07, 6.45) is 31.1. The lowest BCUT2D eigenvalue weighted by atomic mass is 9.83. The number of esters is 2. The second-order valence-corrected chi connectivity index (χ2v) is 16.4. The highest BCUT2D eigenvalue weighted by atomic mass is 16.7. The molecule has 0 aromatic rings. The van der Waals surface area contributed by atoms with Gasteiger partial charge in [-0.25, -0.2) is 4.79 Å². The third-order valence-corrected chi connectivity index (χ3v) is 11.5. The van der Waals surface area contributed by atoms with Crippen molar-refractivity contribution in [3.8, 4) is 0 Å². The summed E-state index contributed by atoms with van der Waals surface area (Å²) in [4.78, 5) is 41.0. The van der Waals surface area contributed by atoms with E-state index in [2.05, 4.69) is 20.8 Å². The van der Waals surface area contributed by atoms with Crippen LogP contribution in [-0.4, -0.2) is 79.3 Å². The molecule has 0 amide bonds. The Morgan fingerprint density at radius 2 is 1.05 bits per heavy atom. The second-order valence-electron chi connectivity index (χ2n) is 16.4. The first-order chi connectivity index (χ1) is 26.7.